The zero-order chi connectivity index (χ0) is 17.8. The van der Waals surface area contributed by atoms with Crippen LogP contribution in [0.15, 0.2) is 11.6 Å². The Labute approximate surface area is 151 Å². The van der Waals surface area contributed by atoms with E-state index in [2.05, 4.69) is 13.8 Å². The van der Waals surface area contributed by atoms with Crippen LogP contribution in [0.25, 0.3) is 0 Å². The van der Waals surface area contributed by atoms with Crippen LogP contribution in [0.5, 0.6) is 0 Å². The molecule has 0 aliphatic heterocycles. The molecule has 0 aromatic heterocycles. The van der Waals surface area contributed by atoms with Crippen molar-refractivity contribution in [3.63, 3.8) is 0 Å². The van der Waals surface area contributed by atoms with Gasteiger partial charge < -0.3 is 4.74 Å². The molecule has 0 N–H and O–H groups in total. The first kappa shape index (κ1) is 17.3. The molecule has 3 fully saturated rings. The summed E-state index contributed by atoms with van der Waals surface area (Å²) in [5.74, 6) is 2.10. The highest BCUT2D eigenvalue weighted by atomic mass is 16.5. The Hall–Kier alpha value is -1.12. The number of ketones is 1. The van der Waals surface area contributed by atoms with E-state index in [1.165, 1.54) is 44.1 Å². The Morgan fingerprint density at radius 2 is 2.00 bits per heavy atom. The summed E-state index contributed by atoms with van der Waals surface area (Å²) in [6, 6.07) is 0. The van der Waals surface area contributed by atoms with Crippen molar-refractivity contribution < 1.29 is 14.3 Å². The minimum absolute atomic E-state index is 0.133. The van der Waals surface area contributed by atoms with Gasteiger partial charge in [0.1, 0.15) is 6.10 Å². The van der Waals surface area contributed by atoms with E-state index in [9.17, 15) is 9.59 Å². The predicted molar refractivity (Wildman–Crippen MR) is 96.9 cm³/mol. The molecule has 0 aromatic rings. The number of carbonyl (C=O) groups is 2. The van der Waals surface area contributed by atoms with Crippen molar-refractivity contribution in [1.29, 1.82) is 0 Å². The van der Waals surface area contributed by atoms with Crippen molar-refractivity contribution in [2.24, 2.45) is 28.6 Å². The lowest BCUT2D eigenvalue weighted by molar-refractivity contribution is -0.165. The summed E-state index contributed by atoms with van der Waals surface area (Å²) in [6.07, 6.45) is 11.3. The summed E-state index contributed by atoms with van der Waals surface area (Å²) in [5.41, 5.74) is 1.66. The third-order valence-electron chi connectivity index (χ3n) is 8.38. The van der Waals surface area contributed by atoms with Crippen LogP contribution in [0.1, 0.15) is 78.6 Å². The second-order valence-corrected chi connectivity index (χ2v) is 9.46. The van der Waals surface area contributed by atoms with E-state index in [0.29, 0.717) is 24.2 Å². The highest BCUT2D eigenvalue weighted by Gasteiger charge is 2.59. The Morgan fingerprint density at radius 3 is 2.76 bits per heavy atom. The molecule has 0 aromatic carbocycles. The van der Waals surface area contributed by atoms with Crippen molar-refractivity contribution in [3.05, 3.63) is 11.6 Å². The number of esters is 1. The van der Waals surface area contributed by atoms with Gasteiger partial charge in [-0.1, -0.05) is 32.8 Å². The van der Waals surface area contributed by atoms with Crippen LogP contribution >= 0.6 is 0 Å². The van der Waals surface area contributed by atoms with Crippen LogP contribution in [0.3, 0.4) is 0 Å². The molecule has 0 radical (unpaired) electrons. The second-order valence-electron chi connectivity index (χ2n) is 9.46. The minimum Gasteiger partial charge on any atom is -0.461 e. The van der Waals surface area contributed by atoms with Gasteiger partial charge in [0.25, 0.3) is 0 Å². The molecule has 0 amide bonds. The van der Waals surface area contributed by atoms with Gasteiger partial charge in [-0.3, -0.25) is 9.59 Å². The Bertz CT molecular complexity index is 621. The predicted octanol–water partition coefficient (Wildman–Crippen LogP) is 4.84. The van der Waals surface area contributed by atoms with Gasteiger partial charge >= 0.3 is 5.97 Å². The van der Waals surface area contributed by atoms with Crippen LogP contribution in [-0.2, 0) is 14.3 Å². The number of hydrogen-bond acceptors (Lipinski definition) is 3. The first-order chi connectivity index (χ1) is 11.9. The molecule has 0 saturated heterocycles. The van der Waals surface area contributed by atoms with E-state index in [1.807, 2.05) is 13.0 Å². The largest absolute Gasteiger partial charge is 0.461 e. The molecule has 6 atom stereocenters. The Morgan fingerprint density at radius 1 is 1.20 bits per heavy atom. The van der Waals surface area contributed by atoms with Crippen molar-refractivity contribution in [1.82, 2.24) is 0 Å². The molecule has 3 saturated carbocycles. The van der Waals surface area contributed by atoms with Gasteiger partial charge in [-0.25, -0.2) is 0 Å². The molecule has 25 heavy (non-hydrogen) atoms. The average molecular weight is 344 g/mol. The number of rotatable bonds is 2. The monoisotopic (exact) mass is 344 g/mol. The van der Waals surface area contributed by atoms with Gasteiger partial charge in [0.15, 0.2) is 5.78 Å². The fourth-order valence-corrected chi connectivity index (χ4v) is 6.98. The smallest absolute Gasteiger partial charge is 0.305 e. The van der Waals surface area contributed by atoms with Gasteiger partial charge in [0.2, 0.25) is 0 Å². The van der Waals surface area contributed by atoms with Gasteiger partial charge in [-0.05, 0) is 67.8 Å². The Balaban J connectivity index is 1.70. The number of ether oxygens (including phenoxy) is 1. The summed E-state index contributed by atoms with van der Waals surface area (Å²) < 4.78 is 5.87. The molecule has 4 rings (SSSR count). The fourth-order valence-electron chi connectivity index (χ4n) is 6.98. The zero-order valence-electron chi connectivity index (χ0n) is 16.0. The van der Waals surface area contributed by atoms with E-state index < -0.39 is 0 Å². The summed E-state index contributed by atoms with van der Waals surface area (Å²) in [5, 5.41) is 0. The van der Waals surface area contributed by atoms with Crippen molar-refractivity contribution in [2.75, 3.05) is 0 Å². The van der Waals surface area contributed by atoms with Crippen LogP contribution < -0.4 is 0 Å². The van der Waals surface area contributed by atoms with E-state index in [4.69, 9.17) is 4.74 Å². The van der Waals surface area contributed by atoms with Gasteiger partial charge in [-0.2, -0.15) is 0 Å². The maximum absolute atomic E-state index is 12.3. The van der Waals surface area contributed by atoms with Crippen LogP contribution in [-0.4, -0.2) is 17.9 Å². The van der Waals surface area contributed by atoms with E-state index in [-0.39, 0.29) is 23.3 Å². The SMILES string of the molecule is CCC(=O)OC1CC(=O)C=C2CC[C@@H]3[C@@H](CC[C@]4(C)CCC[C@@H]34)[C@]21C. The van der Waals surface area contributed by atoms with Crippen LogP contribution in [0, 0.1) is 28.6 Å². The van der Waals surface area contributed by atoms with E-state index >= 15 is 0 Å². The summed E-state index contributed by atoms with van der Waals surface area (Å²) in [6.45, 7) is 6.64. The number of carbonyl (C=O) groups excluding carboxylic acids is 2. The Kier molecular flexibility index (Phi) is 4.12. The topological polar surface area (TPSA) is 43.4 Å². The van der Waals surface area contributed by atoms with Crippen molar-refractivity contribution in [3.8, 4) is 0 Å². The maximum Gasteiger partial charge on any atom is 0.305 e. The molecule has 3 nitrogen and oxygen atoms in total. The highest BCUT2D eigenvalue weighted by Crippen LogP contribution is 2.65. The van der Waals surface area contributed by atoms with Crippen molar-refractivity contribution >= 4 is 11.8 Å². The molecule has 1 unspecified atom stereocenters. The fraction of sp³-hybridized carbons (Fsp3) is 0.818. The lowest BCUT2D eigenvalue weighted by atomic mass is 9.47. The minimum atomic E-state index is -0.258. The first-order valence-electron chi connectivity index (χ1n) is 10.3. The number of hydrogen-bond donors (Lipinski definition) is 0. The molecule has 3 heteroatoms. The summed E-state index contributed by atoms with van der Waals surface area (Å²) in [7, 11) is 0. The highest BCUT2D eigenvalue weighted by molar-refractivity contribution is 5.92. The normalized spacial score (nSPS) is 45.9. The number of fused-ring (bicyclic) bond motifs is 5. The van der Waals surface area contributed by atoms with Gasteiger partial charge in [0, 0.05) is 18.3 Å². The third kappa shape index (κ3) is 2.52. The third-order valence-corrected chi connectivity index (χ3v) is 8.38. The summed E-state index contributed by atoms with van der Waals surface area (Å²) in [4.78, 5) is 24.3. The van der Waals surface area contributed by atoms with E-state index in [0.717, 1.165) is 18.3 Å². The lowest BCUT2D eigenvalue weighted by Crippen LogP contribution is -2.55. The van der Waals surface area contributed by atoms with Crippen molar-refractivity contribution in [2.45, 2.75) is 84.7 Å². The molecule has 138 valence electrons. The molecule has 0 heterocycles. The summed E-state index contributed by atoms with van der Waals surface area (Å²) >= 11 is 0. The first-order valence-corrected chi connectivity index (χ1v) is 10.3. The lowest BCUT2D eigenvalue weighted by Gasteiger charge is -2.58. The average Bonchev–Trinajstić information content (AvgIpc) is 2.97. The molecule has 0 bridgehead atoms. The standard InChI is InChI=1S/C22H32O3/c1-4-20(24)25-19-13-15(23)12-14-7-8-16-17-6-5-10-21(17,2)11-9-18(16)22(14,19)3/h12,16-19H,4-11,13H2,1-3H3/t16-,17-,18+,19?,21-,22-/m0/s1. The zero-order valence-corrected chi connectivity index (χ0v) is 16.0. The molecular weight excluding hydrogens is 312 g/mol. The van der Waals surface area contributed by atoms with E-state index in [1.54, 1.807) is 0 Å². The second kappa shape index (κ2) is 5.96. The van der Waals surface area contributed by atoms with Crippen LogP contribution in [0.4, 0.5) is 0 Å². The molecule has 0 spiro atoms. The van der Waals surface area contributed by atoms with Gasteiger partial charge in [0.05, 0.1) is 0 Å². The molecular formula is C22H32O3. The van der Waals surface area contributed by atoms with Crippen LogP contribution in [0.2, 0.25) is 0 Å². The molecule has 4 aliphatic carbocycles. The van der Waals surface area contributed by atoms with Gasteiger partial charge in [-0.15, -0.1) is 0 Å². The molecule has 4 aliphatic rings. The maximum atomic E-state index is 12.3. The quantitative estimate of drug-likeness (QED) is 0.673.